The van der Waals surface area contributed by atoms with Crippen molar-refractivity contribution in [3.05, 3.63) is 24.0 Å². The lowest BCUT2D eigenvalue weighted by atomic mass is 10.1. The molecule has 0 aromatic carbocycles. The molecule has 0 amide bonds. The summed E-state index contributed by atoms with van der Waals surface area (Å²) in [5.41, 5.74) is 0.806. The summed E-state index contributed by atoms with van der Waals surface area (Å²) in [6.07, 6.45) is 3.94. The van der Waals surface area contributed by atoms with Gasteiger partial charge in [0.05, 0.1) is 25.3 Å². The standard InChI is InChI=1S/C14H19NO3S/c1-10(16)12-4-3-11(8-15-12)19-9-14(5-6-14)7-13(17)18-2/h3-4,8,10,16H,5-7,9H2,1-2H3/t10-/m1/s1. The lowest BCUT2D eigenvalue weighted by Crippen LogP contribution is -2.13. The van der Waals surface area contributed by atoms with E-state index in [2.05, 4.69) is 4.98 Å². The van der Waals surface area contributed by atoms with Crippen molar-refractivity contribution in [1.82, 2.24) is 4.98 Å². The molecule has 0 aliphatic heterocycles. The minimum atomic E-state index is -0.534. The van der Waals surface area contributed by atoms with Crippen LogP contribution in [0.25, 0.3) is 0 Å². The number of aliphatic hydroxyl groups is 1. The second-order valence-electron chi connectivity index (χ2n) is 5.14. The number of carbonyl (C=O) groups excluding carboxylic acids is 1. The Hall–Kier alpha value is -1.07. The number of hydrogen-bond acceptors (Lipinski definition) is 5. The van der Waals surface area contributed by atoms with E-state index in [1.807, 2.05) is 12.1 Å². The predicted molar refractivity (Wildman–Crippen MR) is 73.9 cm³/mol. The second-order valence-corrected chi connectivity index (χ2v) is 6.19. The van der Waals surface area contributed by atoms with Gasteiger partial charge in [-0.2, -0.15) is 0 Å². The maximum absolute atomic E-state index is 11.3. The van der Waals surface area contributed by atoms with Crippen LogP contribution in [0, 0.1) is 5.41 Å². The highest BCUT2D eigenvalue weighted by Gasteiger charge is 2.44. The molecule has 0 saturated heterocycles. The van der Waals surface area contributed by atoms with E-state index in [0.717, 1.165) is 23.5 Å². The first-order valence-corrected chi connectivity index (χ1v) is 7.37. The van der Waals surface area contributed by atoms with Crippen LogP contribution < -0.4 is 0 Å². The Balaban J connectivity index is 1.87. The highest BCUT2D eigenvalue weighted by Crippen LogP contribution is 2.52. The van der Waals surface area contributed by atoms with E-state index in [9.17, 15) is 9.90 Å². The van der Waals surface area contributed by atoms with E-state index in [1.54, 1.807) is 24.9 Å². The Labute approximate surface area is 117 Å². The topological polar surface area (TPSA) is 59.4 Å². The first-order valence-electron chi connectivity index (χ1n) is 6.38. The van der Waals surface area contributed by atoms with Crippen LogP contribution in [0.1, 0.15) is 38.0 Å². The number of carbonyl (C=O) groups is 1. The third-order valence-electron chi connectivity index (χ3n) is 3.44. The van der Waals surface area contributed by atoms with Gasteiger partial charge in [-0.15, -0.1) is 11.8 Å². The van der Waals surface area contributed by atoms with Crippen molar-refractivity contribution in [3.63, 3.8) is 0 Å². The van der Waals surface area contributed by atoms with Crippen molar-refractivity contribution in [3.8, 4) is 0 Å². The minimum Gasteiger partial charge on any atom is -0.469 e. The third kappa shape index (κ3) is 3.94. The number of aliphatic hydroxyl groups excluding tert-OH is 1. The molecule has 1 N–H and O–H groups in total. The quantitative estimate of drug-likeness (QED) is 0.641. The summed E-state index contributed by atoms with van der Waals surface area (Å²) in [4.78, 5) is 16.6. The fourth-order valence-corrected chi connectivity index (χ4v) is 3.04. The van der Waals surface area contributed by atoms with Crippen molar-refractivity contribution >= 4 is 17.7 Å². The molecular formula is C14H19NO3S. The van der Waals surface area contributed by atoms with Crippen LogP contribution in [0.2, 0.25) is 0 Å². The highest BCUT2D eigenvalue weighted by atomic mass is 32.2. The van der Waals surface area contributed by atoms with Crippen molar-refractivity contribution in [2.45, 2.75) is 37.2 Å². The lowest BCUT2D eigenvalue weighted by Gasteiger charge is -2.13. The van der Waals surface area contributed by atoms with Crippen molar-refractivity contribution < 1.29 is 14.6 Å². The fraction of sp³-hybridized carbons (Fsp3) is 0.571. The number of rotatable bonds is 6. The van der Waals surface area contributed by atoms with Gasteiger partial charge in [-0.05, 0) is 37.3 Å². The first-order chi connectivity index (χ1) is 9.04. The molecule has 5 heteroatoms. The van der Waals surface area contributed by atoms with Gasteiger partial charge in [0.25, 0.3) is 0 Å². The van der Waals surface area contributed by atoms with Crippen LogP contribution in [-0.2, 0) is 9.53 Å². The van der Waals surface area contributed by atoms with Gasteiger partial charge in [-0.1, -0.05) is 0 Å². The number of hydrogen-bond donors (Lipinski definition) is 1. The van der Waals surface area contributed by atoms with Crippen LogP contribution in [0.3, 0.4) is 0 Å². The highest BCUT2D eigenvalue weighted by molar-refractivity contribution is 7.99. The molecule has 1 heterocycles. The summed E-state index contributed by atoms with van der Waals surface area (Å²) < 4.78 is 4.73. The number of thioether (sulfide) groups is 1. The Morgan fingerprint density at radius 1 is 1.58 bits per heavy atom. The Kier molecular flexibility index (Phi) is 4.47. The van der Waals surface area contributed by atoms with Crippen LogP contribution in [0.4, 0.5) is 0 Å². The summed E-state index contributed by atoms with van der Waals surface area (Å²) in [7, 11) is 1.43. The van der Waals surface area contributed by atoms with E-state index in [1.165, 1.54) is 7.11 Å². The molecule has 0 bridgehead atoms. The van der Waals surface area contributed by atoms with E-state index in [-0.39, 0.29) is 11.4 Å². The summed E-state index contributed by atoms with van der Waals surface area (Å²) in [5.74, 6) is 0.790. The normalized spacial score (nSPS) is 17.8. The van der Waals surface area contributed by atoms with Crippen molar-refractivity contribution in [2.75, 3.05) is 12.9 Å². The maximum Gasteiger partial charge on any atom is 0.306 e. The number of ether oxygens (including phenoxy) is 1. The van der Waals surface area contributed by atoms with Gasteiger partial charge < -0.3 is 9.84 Å². The van der Waals surface area contributed by atoms with Gasteiger partial charge in [0.15, 0.2) is 0 Å². The molecular weight excluding hydrogens is 262 g/mol. The molecule has 1 fully saturated rings. The summed E-state index contributed by atoms with van der Waals surface area (Å²) in [5, 5.41) is 9.39. The molecule has 4 nitrogen and oxygen atoms in total. The maximum atomic E-state index is 11.3. The van der Waals surface area contributed by atoms with Gasteiger partial charge >= 0.3 is 5.97 Å². The van der Waals surface area contributed by atoms with Crippen LogP contribution in [0.5, 0.6) is 0 Å². The van der Waals surface area contributed by atoms with E-state index < -0.39 is 6.10 Å². The molecule has 1 aliphatic carbocycles. The third-order valence-corrected chi connectivity index (χ3v) is 4.77. The number of pyridine rings is 1. The molecule has 0 radical (unpaired) electrons. The Bertz CT molecular complexity index is 441. The minimum absolute atomic E-state index is 0.124. The van der Waals surface area contributed by atoms with Crippen molar-refractivity contribution in [2.24, 2.45) is 5.41 Å². The van der Waals surface area contributed by atoms with E-state index in [0.29, 0.717) is 12.1 Å². The zero-order chi connectivity index (χ0) is 13.9. The zero-order valence-corrected chi connectivity index (χ0v) is 12.1. The molecule has 0 unspecified atom stereocenters. The SMILES string of the molecule is COC(=O)CC1(CSc2ccc([C@@H](C)O)nc2)CC1. The summed E-state index contributed by atoms with van der Waals surface area (Å²) >= 11 is 1.71. The van der Waals surface area contributed by atoms with Gasteiger partial charge in [0.1, 0.15) is 0 Å². The van der Waals surface area contributed by atoms with Crippen LogP contribution in [0.15, 0.2) is 23.2 Å². The number of nitrogens with zero attached hydrogens (tertiary/aromatic N) is 1. The molecule has 1 aliphatic rings. The van der Waals surface area contributed by atoms with Crippen LogP contribution in [-0.4, -0.2) is 28.9 Å². The van der Waals surface area contributed by atoms with Gasteiger partial charge in [-0.3, -0.25) is 9.78 Å². The number of esters is 1. The number of aromatic nitrogens is 1. The predicted octanol–water partition coefficient (Wildman–Crippen LogP) is 2.57. The molecule has 1 aromatic rings. The summed E-state index contributed by atoms with van der Waals surface area (Å²) in [6.45, 7) is 1.70. The molecule has 104 valence electrons. The Morgan fingerprint density at radius 2 is 2.32 bits per heavy atom. The van der Waals surface area contributed by atoms with Gasteiger partial charge in [-0.25, -0.2) is 0 Å². The lowest BCUT2D eigenvalue weighted by molar-refractivity contribution is -0.141. The molecule has 0 spiro atoms. The monoisotopic (exact) mass is 281 g/mol. The van der Waals surface area contributed by atoms with E-state index >= 15 is 0 Å². The molecule has 1 saturated carbocycles. The molecule has 1 atom stereocenters. The largest absolute Gasteiger partial charge is 0.469 e. The van der Waals surface area contributed by atoms with Gasteiger partial charge in [0.2, 0.25) is 0 Å². The van der Waals surface area contributed by atoms with Crippen LogP contribution >= 0.6 is 11.8 Å². The summed E-state index contributed by atoms with van der Waals surface area (Å²) in [6, 6.07) is 3.81. The smallest absolute Gasteiger partial charge is 0.306 e. The Morgan fingerprint density at radius 3 is 2.79 bits per heavy atom. The zero-order valence-electron chi connectivity index (χ0n) is 11.3. The molecule has 19 heavy (non-hydrogen) atoms. The number of methoxy groups -OCH3 is 1. The first kappa shape index (κ1) is 14.3. The fourth-order valence-electron chi connectivity index (χ4n) is 1.89. The average molecular weight is 281 g/mol. The molecule has 1 aromatic heterocycles. The van der Waals surface area contributed by atoms with Gasteiger partial charge in [0, 0.05) is 16.8 Å². The average Bonchev–Trinajstić information content (AvgIpc) is 3.17. The second kappa shape index (κ2) is 5.92. The van der Waals surface area contributed by atoms with Crippen molar-refractivity contribution in [1.29, 1.82) is 0 Å². The molecule has 2 rings (SSSR count). The van der Waals surface area contributed by atoms with E-state index in [4.69, 9.17) is 4.74 Å².